The number of para-hydroxylation sites is 1. The van der Waals surface area contributed by atoms with E-state index in [0.717, 1.165) is 0 Å². The largest absolute Gasteiger partial charge is 0.462 e. The molecule has 0 unspecified atom stereocenters. The topological polar surface area (TPSA) is 64.6 Å². The Morgan fingerprint density at radius 2 is 1.84 bits per heavy atom. The summed E-state index contributed by atoms with van der Waals surface area (Å²) in [6, 6.07) is 6.63. The fraction of sp³-hybridized carbons (Fsp3) is 0.429. The number of carbonyl (C=O) groups is 2. The molecule has 0 atom stereocenters. The average molecular weight is 265 g/mol. The van der Waals surface area contributed by atoms with Gasteiger partial charge in [-0.25, -0.2) is 9.59 Å². The molecule has 0 heterocycles. The van der Waals surface area contributed by atoms with Crippen LogP contribution in [0, 0.1) is 0 Å². The van der Waals surface area contributed by atoms with Crippen molar-refractivity contribution in [2.45, 2.75) is 33.3 Å². The van der Waals surface area contributed by atoms with Crippen LogP contribution in [0.4, 0.5) is 10.5 Å². The van der Waals surface area contributed by atoms with Crippen LogP contribution in [-0.2, 0) is 9.47 Å². The van der Waals surface area contributed by atoms with Gasteiger partial charge >= 0.3 is 12.1 Å². The summed E-state index contributed by atoms with van der Waals surface area (Å²) in [5.74, 6) is -0.478. The zero-order valence-corrected chi connectivity index (χ0v) is 11.6. The molecule has 1 rings (SSSR count). The van der Waals surface area contributed by atoms with Gasteiger partial charge in [-0.05, 0) is 39.8 Å². The van der Waals surface area contributed by atoms with Crippen LogP contribution in [0.1, 0.15) is 38.1 Å². The van der Waals surface area contributed by atoms with Crippen molar-refractivity contribution in [1.82, 2.24) is 0 Å². The molecule has 0 aromatic heterocycles. The van der Waals surface area contributed by atoms with Gasteiger partial charge in [-0.15, -0.1) is 0 Å². The number of benzene rings is 1. The highest BCUT2D eigenvalue weighted by molar-refractivity contribution is 5.99. The molecule has 19 heavy (non-hydrogen) atoms. The summed E-state index contributed by atoms with van der Waals surface area (Å²) in [4.78, 5) is 23.4. The van der Waals surface area contributed by atoms with Crippen molar-refractivity contribution in [3.05, 3.63) is 29.8 Å². The van der Waals surface area contributed by atoms with Crippen molar-refractivity contribution in [1.29, 1.82) is 0 Å². The summed E-state index contributed by atoms with van der Waals surface area (Å²) in [6.45, 7) is 7.30. The van der Waals surface area contributed by atoms with Gasteiger partial charge in [0.15, 0.2) is 0 Å². The number of nitrogens with one attached hydrogen (secondary N) is 1. The highest BCUT2D eigenvalue weighted by Crippen LogP contribution is 2.17. The third-order valence-electron chi connectivity index (χ3n) is 2.06. The molecule has 0 radical (unpaired) electrons. The van der Waals surface area contributed by atoms with E-state index in [2.05, 4.69) is 5.32 Å². The van der Waals surface area contributed by atoms with E-state index in [1.807, 2.05) is 0 Å². The first-order valence-electron chi connectivity index (χ1n) is 6.09. The van der Waals surface area contributed by atoms with Crippen LogP contribution >= 0.6 is 0 Å². The van der Waals surface area contributed by atoms with E-state index < -0.39 is 17.7 Å². The van der Waals surface area contributed by atoms with E-state index in [0.29, 0.717) is 11.3 Å². The minimum absolute atomic E-state index is 0.277. The SMILES string of the molecule is CCOC(=O)c1ccccc1NC(=O)OC(C)(C)C. The number of hydrogen-bond donors (Lipinski definition) is 1. The summed E-state index contributed by atoms with van der Waals surface area (Å²) >= 11 is 0. The summed E-state index contributed by atoms with van der Waals surface area (Å²) in [5.41, 5.74) is 0.0774. The Hall–Kier alpha value is -2.04. The quantitative estimate of drug-likeness (QED) is 0.852. The molecular formula is C14H19NO4. The first kappa shape index (κ1) is 15.0. The summed E-state index contributed by atoms with van der Waals surface area (Å²) in [6.07, 6.45) is -0.607. The number of hydrogen-bond acceptors (Lipinski definition) is 4. The number of amides is 1. The maximum absolute atomic E-state index is 11.7. The molecule has 5 nitrogen and oxygen atoms in total. The van der Waals surface area contributed by atoms with E-state index in [9.17, 15) is 9.59 Å². The molecule has 0 aliphatic carbocycles. The maximum Gasteiger partial charge on any atom is 0.412 e. The van der Waals surface area contributed by atoms with Gasteiger partial charge in [0.25, 0.3) is 0 Å². The Morgan fingerprint density at radius 3 is 2.42 bits per heavy atom. The minimum atomic E-state index is -0.607. The van der Waals surface area contributed by atoms with Crippen LogP contribution in [0.25, 0.3) is 0 Å². The Labute approximate surface area is 112 Å². The lowest BCUT2D eigenvalue weighted by Crippen LogP contribution is -2.27. The highest BCUT2D eigenvalue weighted by Gasteiger charge is 2.19. The molecule has 1 N–H and O–H groups in total. The molecule has 5 heteroatoms. The summed E-state index contributed by atoms with van der Waals surface area (Å²) in [5, 5.41) is 2.54. The third kappa shape index (κ3) is 4.99. The van der Waals surface area contributed by atoms with Crippen molar-refractivity contribution in [3.8, 4) is 0 Å². The predicted molar refractivity (Wildman–Crippen MR) is 72.3 cm³/mol. The second-order valence-corrected chi connectivity index (χ2v) is 4.89. The molecule has 0 aliphatic rings. The van der Waals surface area contributed by atoms with Gasteiger partial charge in [0, 0.05) is 0 Å². The first-order chi connectivity index (χ1) is 8.83. The highest BCUT2D eigenvalue weighted by atomic mass is 16.6. The van der Waals surface area contributed by atoms with Gasteiger partial charge in [-0.2, -0.15) is 0 Å². The van der Waals surface area contributed by atoms with E-state index in [4.69, 9.17) is 9.47 Å². The van der Waals surface area contributed by atoms with Gasteiger partial charge < -0.3 is 9.47 Å². The van der Waals surface area contributed by atoms with Crippen molar-refractivity contribution < 1.29 is 19.1 Å². The fourth-order valence-corrected chi connectivity index (χ4v) is 1.39. The van der Waals surface area contributed by atoms with E-state index >= 15 is 0 Å². The van der Waals surface area contributed by atoms with Gasteiger partial charge in [0.2, 0.25) is 0 Å². The zero-order chi connectivity index (χ0) is 14.5. The minimum Gasteiger partial charge on any atom is -0.462 e. The molecule has 0 aliphatic heterocycles. The van der Waals surface area contributed by atoms with E-state index in [1.165, 1.54) is 0 Å². The van der Waals surface area contributed by atoms with Gasteiger partial charge in [0.05, 0.1) is 17.9 Å². The first-order valence-corrected chi connectivity index (χ1v) is 6.09. The Kier molecular flexibility index (Phi) is 4.92. The fourth-order valence-electron chi connectivity index (χ4n) is 1.39. The number of rotatable bonds is 3. The standard InChI is InChI=1S/C14H19NO4/c1-5-18-12(16)10-8-6-7-9-11(10)15-13(17)19-14(2,3)4/h6-9H,5H2,1-4H3,(H,15,17). The molecular weight excluding hydrogens is 246 g/mol. The zero-order valence-electron chi connectivity index (χ0n) is 11.6. The molecule has 0 bridgehead atoms. The number of esters is 1. The molecule has 0 saturated heterocycles. The molecule has 0 spiro atoms. The molecule has 1 amide bonds. The lowest BCUT2D eigenvalue weighted by atomic mass is 10.2. The number of ether oxygens (including phenoxy) is 2. The maximum atomic E-state index is 11.7. The van der Waals surface area contributed by atoms with Crippen LogP contribution in [0.15, 0.2) is 24.3 Å². The predicted octanol–water partition coefficient (Wildman–Crippen LogP) is 3.21. The second kappa shape index (κ2) is 6.22. The molecule has 104 valence electrons. The van der Waals surface area contributed by atoms with Crippen LogP contribution in [-0.4, -0.2) is 24.3 Å². The molecule has 1 aromatic carbocycles. The van der Waals surface area contributed by atoms with Crippen molar-refractivity contribution in [2.75, 3.05) is 11.9 Å². The molecule has 0 saturated carbocycles. The normalized spacial score (nSPS) is 10.7. The van der Waals surface area contributed by atoms with E-state index in [1.54, 1.807) is 52.0 Å². The van der Waals surface area contributed by atoms with Crippen LogP contribution in [0.2, 0.25) is 0 Å². The number of carbonyl (C=O) groups excluding carboxylic acids is 2. The van der Waals surface area contributed by atoms with Crippen LogP contribution in [0.5, 0.6) is 0 Å². The number of anilines is 1. The van der Waals surface area contributed by atoms with Gasteiger partial charge in [-0.1, -0.05) is 12.1 Å². The van der Waals surface area contributed by atoms with Gasteiger partial charge in [0.1, 0.15) is 5.60 Å². The van der Waals surface area contributed by atoms with Crippen LogP contribution < -0.4 is 5.32 Å². The average Bonchev–Trinajstić information content (AvgIpc) is 2.27. The third-order valence-corrected chi connectivity index (χ3v) is 2.06. The second-order valence-electron chi connectivity index (χ2n) is 4.89. The van der Waals surface area contributed by atoms with Crippen molar-refractivity contribution in [2.24, 2.45) is 0 Å². The van der Waals surface area contributed by atoms with Crippen molar-refractivity contribution >= 4 is 17.7 Å². The molecule has 1 aromatic rings. The molecule has 0 fully saturated rings. The van der Waals surface area contributed by atoms with Crippen LogP contribution in [0.3, 0.4) is 0 Å². The Balaban J connectivity index is 2.84. The smallest absolute Gasteiger partial charge is 0.412 e. The van der Waals surface area contributed by atoms with Gasteiger partial charge in [-0.3, -0.25) is 5.32 Å². The van der Waals surface area contributed by atoms with Crippen molar-refractivity contribution in [3.63, 3.8) is 0 Å². The lowest BCUT2D eigenvalue weighted by Gasteiger charge is -2.20. The summed E-state index contributed by atoms with van der Waals surface area (Å²) < 4.78 is 10.1. The Morgan fingerprint density at radius 1 is 1.21 bits per heavy atom. The Bertz CT molecular complexity index is 463. The lowest BCUT2D eigenvalue weighted by molar-refractivity contribution is 0.0527. The summed E-state index contributed by atoms with van der Waals surface area (Å²) in [7, 11) is 0. The monoisotopic (exact) mass is 265 g/mol. The van der Waals surface area contributed by atoms with E-state index in [-0.39, 0.29) is 6.61 Å².